The molecule has 0 bridgehead atoms. The van der Waals surface area contributed by atoms with Crippen molar-refractivity contribution >= 4 is 11.6 Å². The average Bonchev–Trinajstić information content (AvgIpc) is 2.35. The summed E-state index contributed by atoms with van der Waals surface area (Å²) >= 11 is 0. The van der Waals surface area contributed by atoms with Crippen LogP contribution in [-0.4, -0.2) is 36.3 Å². The molecule has 114 valence electrons. The SMILES string of the molecule is CCNc1ncnc(N(C)CCC(F)(F)F)c1C(C)C. The number of nitrogens with zero attached hydrogens (tertiary/aromatic N) is 3. The van der Waals surface area contributed by atoms with Crippen molar-refractivity contribution in [3.05, 3.63) is 11.9 Å². The van der Waals surface area contributed by atoms with E-state index < -0.39 is 12.6 Å². The highest BCUT2D eigenvalue weighted by Crippen LogP contribution is 2.31. The second-order valence-corrected chi connectivity index (χ2v) is 4.93. The number of anilines is 2. The lowest BCUT2D eigenvalue weighted by Gasteiger charge is -2.24. The van der Waals surface area contributed by atoms with E-state index in [9.17, 15) is 13.2 Å². The molecule has 0 aliphatic rings. The van der Waals surface area contributed by atoms with E-state index in [0.717, 1.165) is 5.56 Å². The normalized spacial score (nSPS) is 11.8. The molecular weight excluding hydrogens is 269 g/mol. The Morgan fingerprint density at radius 3 is 2.45 bits per heavy atom. The molecule has 0 atom stereocenters. The minimum atomic E-state index is -4.16. The van der Waals surface area contributed by atoms with Gasteiger partial charge in [-0.1, -0.05) is 13.8 Å². The first kappa shape index (κ1) is 16.5. The number of hydrogen-bond donors (Lipinski definition) is 1. The van der Waals surface area contributed by atoms with Gasteiger partial charge in [-0.2, -0.15) is 13.2 Å². The lowest BCUT2D eigenvalue weighted by Crippen LogP contribution is -2.26. The Balaban J connectivity index is 3.01. The highest BCUT2D eigenvalue weighted by atomic mass is 19.4. The van der Waals surface area contributed by atoms with Gasteiger partial charge in [-0.25, -0.2) is 9.97 Å². The summed E-state index contributed by atoms with van der Waals surface area (Å²) in [6, 6.07) is 0. The molecule has 0 spiro atoms. The van der Waals surface area contributed by atoms with Crippen molar-refractivity contribution in [1.29, 1.82) is 0 Å². The Labute approximate surface area is 117 Å². The van der Waals surface area contributed by atoms with Crippen molar-refractivity contribution in [2.45, 2.75) is 39.3 Å². The average molecular weight is 290 g/mol. The van der Waals surface area contributed by atoms with Crippen LogP contribution in [0.15, 0.2) is 6.33 Å². The third-order valence-corrected chi connectivity index (χ3v) is 2.88. The molecule has 0 saturated heterocycles. The quantitative estimate of drug-likeness (QED) is 0.871. The molecule has 1 aromatic heterocycles. The predicted molar refractivity (Wildman–Crippen MR) is 74.2 cm³/mol. The first-order chi connectivity index (χ1) is 9.26. The van der Waals surface area contributed by atoms with E-state index in [4.69, 9.17) is 0 Å². The Kier molecular flexibility index (Phi) is 5.59. The number of hydrogen-bond acceptors (Lipinski definition) is 4. The molecule has 7 heteroatoms. The number of nitrogens with one attached hydrogen (secondary N) is 1. The first-order valence-electron chi connectivity index (χ1n) is 6.63. The number of rotatable bonds is 6. The second kappa shape index (κ2) is 6.76. The molecule has 0 aliphatic heterocycles. The number of halogens is 3. The molecule has 0 radical (unpaired) electrons. The molecule has 1 N–H and O–H groups in total. The summed E-state index contributed by atoms with van der Waals surface area (Å²) in [5.41, 5.74) is 0.846. The molecule has 0 amide bonds. The zero-order valence-corrected chi connectivity index (χ0v) is 12.3. The zero-order chi connectivity index (χ0) is 15.3. The van der Waals surface area contributed by atoms with Crippen molar-refractivity contribution in [1.82, 2.24) is 9.97 Å². The fourth-order valence-electron chi connectivity index (χ4n) is 1.93. The Morgan fingerprint density at radius 1 is 1.30 bits per heavy atom. The number of alkyl halides is 3. The van der Waals surface area contributed by atoms with E-state index in [0.29, 0.717) is 18.2 Å². The van der Waals surface area contributed by atoms with Crippen LogP contribution in [0.25, 0.3) is 0 Å². The van der Waals surface area contributed by atoms with Crippen LogP contribution in [0.4, 0.5) is 24.8 Å². The summed E-state index contributed by atoms with van der Waals surface area (Å²) in [7, 11) is 1.62. The van der Waals surface area contributed by atoms with E-state index in [1.807, 2.05) is 20.8 Å². The first-order valence-corrected chi connectivity index (χ1v) is 6.63. The fraction of sp³-hybridized carbons (Fsp3) is 0.692. The topological polar surface area (TPSA) is 41.1 Å². The molecule has 0 aliphatic carbocycles. The van der Waals surface area contributed by atoms with Gasteiger partial charge in [0.25, 0.3) is 0 Å². The maximum absolute atomic E-state index is 12.3. The summed E-state index contributed by atoms with van der Waals surface area (Å²) in [4.78, 5) is 9.85. The molecule has 1 rings (SSSR count). The lowest BCUT2D eigenvalue weighted by atomic mass is 10.0. The van der Waals surface area contributed by atoms with Crippen LogP contribution in [0.2, 0.25) is 0 Å². The standard InChI is InChI=1S/C13H21F3N4/c1-5-17-11-10(9(2)3)12(19-8-18-11)20(4)7-6-13(14,15)16/h8-9H,5-7H2,1-4H3,(H,17,18,19). The van der Waals surface area contributed by atoms with Crippen molar-refractivity contribution in [3.8, 4) is 0 Å². The summed E-state index contributed by atoms with van der Waals surface area (Å²) < 4.78 is 37.0. The van der Waals surface area contributed by atoms with Crippen LogP contribution in [0.5, 0.6) is 0 Å². The molecule has 0 fully saturated rings. The van der Waals surface area contributed by atoms with Crippen LogP contribution < -0.4 is 10.2 Å². The predicted octanol–water partition coefficient (Wildman–Crippen LogP) is 3.42. The molecule has 0 aromatic carbocycles. The monoisotopic (exact) mass is 290 g/mol. The van der Waals surface area contributed by atoms with Crippen LogP contribution in [0, 0.1) is 0 Å². The Bertz CT molecular complexity index is 432. The summed E-state index contributed by atoms with van der Waals surface area (Å²) in [6.45, 7) is 6.47. The zero-order valence-electron chi connectivity index (χ0n) is 12.3. The highest BCUT2D eigenvalue weighted by Gasteiger charge is 2.28. The van der Waals surface area contributed by atoms with E-state index in [1.165, 1.54) is 11.2 Å². The Morgan fingerprint density at radius 2 is 1.95 bits per heavy atom. The van der Waals surface area contributed by atoms with Gasteiger partial charge >= 0.3 is 6.18 Å². The second-order valence-electron chi connectivity index (χ2n) is 4.93. The maximum Gasteiger partial charge on any atom is 0.390 e. The molecule has 4 nitrogen and oxygen atoms in total. The minimum absolute atomic E-state index is 0.119. The van der Waals surface area contributed by atoms with Gasteiger partial charge in [0.15, 0.2) is 0 Å². The van der Waals surface area contributed by atoms with Crippen molar-refractivity contribution in [3.63, 3.8) is 0 Å². The van der Waals surface area contributed by atoms with Gasteiger partial charge in [0.2, 0.25) is 0 Å². The van der Waals surface area contributed by atoms with Gasteiger partial charge in [-0.05, 0) is 12.8 Å². The van der Waals surface area contributed by atoms with E-state index in [1.54, 1.807) is 7.05 Å². The van der Waals surface area contributed by atoms with Crippen LogP contribution >= 0.6 is 0 Å². The summed E-state index contributed by atoms with van der Waals surface area (Å²) in [5, 5.41) is 3.13. The fourth-order valence-corrected chi connectivity index (χ4v) is 1.93. The smallest absolute Gasteiger partial charge is 0.370 e. The van der Waals surface area contributed by atoms with Crippen LogP contribution in [0.3, 0.4) is 0 Å². The van der Waals surface area contributed by atoms with E-state index in [2.05, 4.69) is 15.3 Å². The van der Waals surface area contributed by atoms with Gasteiger partial charge in [-0.3, -0.25) is 0 Å². The van der Waals surface area contributed by atoms with E-state index in [-0.39, 0.29) is 12.5 Å². The summed E-state index contributed by atoms with van der Waals surface area (Å²) in [6.07, 6.45) is -3.64. The lowest BCUT2D eigenvalue weighted by molar-refractivity contribution is -0.132. The number of aromatic nitrogens is 2. The summed E-state index contributed by atoms with van der Waals surface area (Å²) in [5.74, 6) is 1.36. The highest BCUT2D eigenvalue weighted by molar-refractivity contribution is 5.60. The van der Waals surface area contributed by atoms with Crippen LogP contribution in [-0.2, 0) is 0 Å². The van der Waals surface area contributed by atoms with E-state index >= 15 is 0 Å². The van der Waals surface area contributed by atoms with Crippen molar-refractivity contribution in [2.24, 2.45) is 0 Å². The largest absolute Gasteiger partial charge is 0.390 e. The van der Waals surface area contributed by atoms with Gasteiger partial charge < -0.3 is 10.2 Å². The van der Waals surface area contributed by atoms with Gasteiger partial charge in [0.1, 0.15) is 18.0 Å². The molecule has 0 saturated carbocycles. The molecule has 1 heterocycles. The minimum Gasteiger partial charge on any atom is -0.370 e. The maximum atomic E-state index is 12.3. The molecular formula is C13H21F3N4. The van der Waals surface area contributed by atoms with Gasteiger partial charge in [0, 0.05) is 25.7 Å². The third-order valence-electron chi connectivity index (χ3n) is 2.88. The molecule has 0 unspecified atom stereocenters. The Hall–Kier alpha value is -1.53. The van der Waals surface area contributed by atoms with Gasteiger partial charge in [0.05, 0.1) is 6.42 Å². The van der Waals surface area contributed by atoms with Gasteiger partial charge in [-0.15, -0.1) is 0 Å². The van der Waals surface area contributed by atoms with Crippen molar-refractivity contribution < 1.29 is 13.2 Å². The molecule has 20 heavy (non-hydrogen) atoms. The molecule has 1 aromatic rings. The van der Waals surface area contributed by atoms with Crippen molar-refractivity contribution in [2.75, 3.05) is 30.4 Å². The van der Waals surface area contributed by atoms with Crippen LogP contribution in [0.1, 0.15) is 38.7 Å². The third kappa shape index (κ3) is 4.54.